The van der Waals surface area contributed by atoms with Crippen LogP contribution < -0.4 is 21.3 Å². The summed E-state index contributed by atoms with van der Waals surface area (Å²) in [5, 5.41) is 14.2. The van der Waals surface area contributed by atoms with Gasteiger partial charge in [-0.15, -0.1) is 0 Å². The van der Waals surface area contributed by atoms with Gasteiger partial charge in [0.25, 0.3) is 5.56 Å². The van der Waals surface area contributed by atoms with Gasteiger partial charge in [0.2, 0.25) is 5.88 Å². The van der Waals surface area contributed by atoms with Crippen LogP contribution in [0.4, 0.5) is 0 Å². The maximum absolute atomic E-state index is 12.6. The van der Waals surface area contributed by atoms with Crippen LogP contribution in [-0.4, -0.2) is 28.3 Å². The Labute approximate surface area is 154 Å². The van der Waals surface area contributed by atoms with Crippen molar-refractivity contribution in [2.75, 3.05) is 13.7 Å². The van der Waals surface area contributed by atoms with Gasteiger partial charge < -0.3 is 15.2 Å². The van der Waals surface area contributed by atoms with Crippen LogP contribution in [0.25, 0.3) is 5.69 Å². The number of hydrogen-bond donors (Lipinski definition) is 3. The molecule has 1 unspecified atom stereocenters. The van der Waals surface area contributed by atoms with E-state index in [9.17, 15) is 14.7 Å². The number of nitrogens with one attached hydrogen (secondary N) is 2. The average Bonchev–Trinajstić information content (AvgIpc) is 2.68. The van der Waals surface area contributed by atoms with E-state index in [1.54, 1.807) is 24.3 Å². The first-order chi connectivity index (χ1) is 13.1. The Morgan fingerprint density at radius 2 is 1.85 bits per heavy atom. The second-order valence-electron chi connectivity index (χ2n) is 6.34. The molecule has 3 N–H and O–H groups in total. The van der Waals surface area contributed by atoms with E-state index in [0.717, 1.165) is 22.1 Å². The fourth-order valence-corrected chi connectivity index (χ4v) is 3.60. The van der Waals surface area contributed by atoms with Crippen LogP contribution in [0.5, 0.6) is 11.6 Å². The molecular formula is C20H19N3O4. The van der Waals surface area contributed by atoms with Crippen molar-refractivity contribution in [3.8, 4) is 17.3 Å². The van der Waals surface area contributed by atoms with Crippen LogP contribution in [-0.2, 0) is 6.42 Å². The zero-order valence-corrected chi connectivity index (χ0v) is 14.7. The summed E-state index contributed by atoms with van der Waals surface area (Å²) in [6.07, 6.45) is 0.831. The Hall–Kier alpha value is -3.32. The number of aromatic nitrogens is 2. The lowest BCUT2D eigenvalue weighted by molar-refractivity contribution is 0.394. The van der Waals surface area contributed by atoms with Gasteiger partial charge in [-0.3, -0.25) is 9.78 Å². The van der Waals surface area contributed by atoms with E-state index in [2.05, 4.69) is 10.3 Å². The zero-order valence-electron chi connectivity index (χ0n) is 14.7. The molecule has 4 rings (SSSR count). The highest BCUT2D eigenvalue weighted by Gasteiger charge is 2.29. The zero-order chi connectivity index (χ0) is 19.0. The van der Waals surface area contributed by atoms with E-state index >= 15 is 0 Å². The van der Waals surface area contributed by atoms with Gasteiger partial charge in [-0.2, -0.15) is 0 Å². The van der Waals surface area contributed by atoms with Crippen molar-refractivity contribution >= 4 is 0 Å². The summed E-state index contributed by atoms with van der Waals surface area (Å²) in [5.41, 5.74) is 1.13. The lowest BCUT2D eigenvalue weighted by Crippen LogP contribution is -2.38. The molecule has 0 saturated carbocycles. The highest BCUT2D eigenvalue weighted by molar-refractivity contribution is 5.51. The van der Waals surface area contributed by atoms with E-state index in [1.165, 1.54) is 7.11 Å². The molecule has 1 aliphatic heterocycles. The van der Waals surface area contributed by atoms with Crippen molar-refractivity contribution in [3.63, 3.8) is 0 Å². The largest absolute Gasteiger partial charge is 0.495 e. The normalized spacial score (nSPS) is 16.0. The van der Waals surface area contributed by atoms with Crippen molar-refractivity contribution in [3.05, 3.63) is 86.1 Å². The Bertz CT molecular complexity index is 1120. The van der Waals surface area contributed by atoms with Crippen LogP contribution in [0.3, 0.4) is 0 Å². The first kappa shape index (κ1) is 17.1. The number of para-hydroxylation sites is 2. The molecule has 0 saturated heterocycles. The minimum absolute atomic E-state index is 0.104. The molecular weight excluding hydrogens is 346 g/mol. The number of methoxy groups -OCH3 is 1. The molecule has 1 aromatic heterocycles. The summed E-state index contributed by atoms with van der Waals surface area (Å²) < 4.78 is 6.37. The Morgan fingerprint density at radius 1 is 1.11 bits per heavy atom. The van der Waals surface area contributed by atoms with Crippen molar-refractivity contribution in [2.45, 2.75) is 12.5 Å². The van der Waals surface area contributed by atoms with E-state index in [0.29, 0.717) is 18.0 Å². The standard InChI is InChI=1S/C20H19N3O4/c1-27-15-9-5-4-8-14(15)23-19(25)16(18(24)22-20(23)26)17-13-7-3-2-6-12(13)10-11-21-17/h2-9,17,21,25H,10-11H2,1H3,(H,22,24,26). The Kier molecular flexibility index (Phi) is 4.29. The summed E-state index contributed by atoms with van der Waals surface area (Å²) >= 11 is 0. The average molecular weight is 365 g/mol. The van der Waals surface area contributed by atoms with Crippen LogP contribution >= 0.6 is 0 Å². The van der Waals surface area contributed by atoms with Crippen molar-refractivity contribution in [1.29, 1.82) is 0 Å². The van der Waals surface area contributed by atoms with Gasteiger partial charge in [0, 0.05) is 6.54 Å². The number of benzene rings is 2. The molecule has 0 aliphatic carbocycles. The SMILES string of the molecule is COc1ccccc1-n1c(O)c(C2NCCc3ccccc32)c(=O)[nH]c1=O. The number of nitrogens with zero attached hydrogens (tertiary/aromatic N) is 1. The van der Waals surface area contributed by atoms with E-state index < -0.39 is 23.2 Å². The lowest BCUT2D eigenvalue weighted by atomic mass is 9.90. The second kappa shape index (κ2) is 6.77. The van der Waals surface area contributed by atoms with Gasteiger partial charge in [-0.1, -0.05) is 36.4 Å². The smallest absolute Gasteiger partial charge is 0.335 e. The molecule has 2 aromatic carbocycles. The molecule has 0 radical (unpaired) electrons. The molecule has 0 bridgehead atoms. The Balaban J connectivity index is 1.97. The predicted molar refractivity (Wildman–Crippen MR) is 101 cm³/mol. The van der Waals surface area contributed by atoms with Crippen molar-refractivity contribution in [2.24, 2.45) is 0 Å². The van der Waals surface area contributed by atoms with Crippen molar-refractivity contribution in [1.82, 2.24) is 14.9 Å². The maximum Gasteiger partial charge on any atom is 0.335 e. The number of aromatic hydroxyl groups is 1. The highest BCUT2D eigenvalue weighted by Crippen LogP contribution is 2.32. The fraction of sp³-hybridized carbons (Fsp3) is 0.200. The molecule has 1 atom stereocenters. The van der Waals surface area contributed by atoms with Gasteiger partial charge in [0.15, 0.2) is 0 Å². The summed E-state index contributed by atoms with van der Waals surface area (Å²) in [7, 11) is 1.48. The molecule has 0 fully saturated rings. The first-order valence-electron chi connectivity index (χ1n) is 8.64. The maximum atomic E-state index is 12.6. The molecule has 0 amide bonds. The molecule has 3 aromatic rings. The number of H-pyrrole nitrogens is 1. The van der Waals surface area contributed by atoms with E-state index in [4.69, 9.17) is 4.74 Å². The van der Waals surface area contributed by atoms with Crippen LogP contribution in [0.15, 0.2) is 58.1 Å². The molecule has 27 heavy (non-hydrogen) atoms. The highest BCUT2D eigenvalue weighted by atomic mass is 16.5. The van der Waals surface area contributed by atoms with Gasteiger partial charge in [0.1, 0.15) is 5.75 Å². The number of rotatable bonds is 3. The number of hydrogen-bond acceptors (Lipinski definition) is 5. The predicted octanol–water partition coefficient (Wildman–Crippen LogP) is 1.48. The lowest BCUT2D eigenvalue weighted by Gasteiger charge is -2.27. The molecule has 7 nitrogen and oxygen atoms in total. The summed E-state index contributed by atoms with van der Waals surface area (Å²) in [5.74, 6) is 0.00681. The van der Waals surface area contributed by atoms with Crippen LogP contribution in [0.2, 0.25) is 0 Å². The van der Waals surface area contributed by atoms with Crippen LogP contribution in [0, 0.1) is 0 Å². The first-order valence-corrected chi connectivity index (χ1v) is 8.64. The number of aromatic amines is 1. The van der Waals surface area contributed by atoms with Gasteiger partial charge in [0.05, 0.1) is 24.4 Å². The quantitative estimate of drug-likeness (QED) is 0.653. The van der Waals surface area contributed by atoms with Crippen molar-refractivity contribution < 1.29 is 9.84 Å². The minimum atomic E-state index is -0.727. The third-order valence-corrected chi connectivity index (χ3v) is 4.84. The van der Waals surface area contributed by atoms with Gasteiger partial charge in [-0.25, -0.2) is 9.36 Å². The summed E-state index contributed by atoms with van der Waals surface area (Å²) in [4.78, 5) is 27.4. The molecule has 7 heteroatoms. The van der Waals surface area contributed by atoms with Gasteiger partial charge in [-0.05, 0) is 29.7 Å². The molecule has 138 valence electrons. The number of ether oxygens (including phenoxy) is 1. The second-order valence-corrected chi connectivity index (χ2v) is 6.34. The fourth-order valence-electron chi connectivity index (χ4n) is 3.60. The third kappa shape index (κ3) is 2.82. The van der Waals surface area contributed by atoms with E-state index in [-0.39, 0.29) is 5.56 Å². The van der Waals surface area contributed by atoms with E-state index in [1.807, 2.05) is 24.3 Å². The number of fused-ring (bicyclic) bond motifs is 1. The molecule has 1 aliphatic rings. The molecule has 0 spiro atoms. The monoisotopic (exact) mass is 365 g/mol. The summed E-state index contributed by atoms with van der Waals surface area (Å²) in [6.45, 7) is 0.661. The summed E-state index contributed by atoms with van der Waals surface area (Å²) in [6, 6.07) is 14.1. The van der Waals surface area contributed by atoms with Crippen LogP contribution in [0.1, 0.15) is 22.7 Å². The minimum Gasteiger partial charge on any atom is -0.495 e. The topological polar surface area (TPSA) is 96.3 Å². The third-order valence-electron chi connectivity index (χ3n) is 4.84. The Morgan fingerprint density at radius 3 is 2.67 bits per heavy atom. The van der Waals surface area contributed by atoms with Gasteiger partial charge >= 0.3 is 5.69 Å². The molecule has 2 heterocycles.